The molecule has 3 rings (SSSR count). The molecule has 1 saturated carbocycles. The summed E-state index contributed by atoms with van der Waals surface area (Å²) in [5.41, 5.74) is 0.902. The van der Waals surface area contributed by atoms with Gasteiger partial charge in [-0.25, -0.2) is 4.98 Å². The molecule has 100 valence electrons. The Hall–Kier alpha value is -1.91. The van der Waals surface area contributed by atoms with Crippen LogP contribution in [0.15, 0.2) is 18.3 Å². The van der Waals surface area contributed by atoms with E-state index < -0.39 is 0 Å². The summed E-state index contributed by atoms with van der Waals surface area (Å²) in [6, 6.07) is 3.74. The Kier molecular flexibility index (Phi) is 2.97. The van der Waals surface area contributed by atoms with Gasteiger partial charge >= 0.3 is 0 Å². The first-order chi connectivity index (χ1) is 9.22. The Balaban J connectivity index is 1.76. The molecule has 0 bridgehead atoms. The zero-order valence-corrected chi connectivity index (χ0v) is 10.9. The molecule has 1 saturated heterocycles. The maximum absolute atomic E-state index is 12.0. The SMILES string of the molecule is CCCNc1ncccc1CN1C(=O)C2CC2C1=O. The molecule has 2 atom stereocenters. The van der Waals surface area contributed by atoms with Gasteiger partial charge in [-0.15, -0.1) is 0 Å². The van der Waals surface area contributed by atoms with Crippen LogP contribution in [-0.4, -0.2) is 28.2 Å². The van der Waals surface area contributed by atoms with Crippen LogP contribution in [0.1, 0.15) is 25.3 Å². The van der Waals surface area contributed by atoms with E-state index in [9.17, 15) is 9.59 Å². The molecule has 2 fully saturated rings. The van der Waals surface area contributed by atoms with Crippen LogP contribution in [-0.2, 0) is 16.1 Å². The minimum atomic E-state index is -0.0313. The van der Waals surface area contributed by atoms with E-state index in [0.717, 1.165) is 30.8 Å². The number of nitrogens with one attached hydrogen (secondary N) is 1. The Bertz CT molecular complexity index is 509. The fraction of sp³-hybridized carbons (Fsp3) is 0.500. The summed E-state index contributed by atoms with van der Waals surface area (Å²) in [5.74, 6) is 0.679. The van der Waals surface area contributed by atoms with E-state index in [1.54, 1.807) is 6.20 Å². The highest BCUT2D eigenvalue weighted by Gasteiger charge is 2.58. The predicted octanol–water partition coefficient (Wildman–Crippen LogP) is 1.41. The summed E-state index contributed by atoms with van der Waals surface area (Å²) >= 11 is 0. The first-order valence-electron chi connectivity index (χ1n) is 6.75. The van der Waals surface area contributed by atoms with E-state index in [1.165, 1.54) is 4.90 Å². The number of pyridine rings is 1. The minimum Gasteiger partial charge on any atom is -0.370 e. The number of nitrogens with zero attached hydrogens (tertiary/aromatic N) is 2. The van der Waals surface area contributed by atoms with Gasteiger partial charge in [0.25, 0.3) is 0 Å². The molecule has 0 radical (unpaired) electrons. The van der Waals surface area contributed by atoms with Crippen molar-refractivity contribution in [3.05, 3.63) is 23.9 Å². The van der Waals surface area contributed by atoms with E-state index in [-0.39, 0.29) is 23.7 Å². The molecule has 5 nitrogen and oxygen atoms in total. The molecule has 19 heavy (non-hydrogen) atoms. The third-order valence-corrected chi connectivity index (χ3v) is 3.72. The zero-order valence-electron chi connectivity index (χ0n) is 10.9. The van der Waals surface area contributed by atoms with Crippen LogP contribution in [0.5, 0.6) is 0 Å². The number of fused-ring (bicyclic) bond motifs is 1. The average molecular weight is 259 g/mol. The largest absolute Gasteiger partial charge is 0.370 e. The Morgan fingerprint density at radius 1 is 1.37 bits per heavy atom. The number of hydrogen-bond acceptors (Lipinski definition) is 4. The lowest BCUT2D eigenvalue weighted by Gasteiger charge is -2.18. The molecule has 2 heterocycles. The van der Waals surface area contributed by atoms with Crippen molar-refractivity contribution in [2.45, 2.75) is 26.3 Å². The van der Waals surface area contributed by atoms with Gasteiger partial charge in [-0.3, -0.25) is 14.5 Å². The minimum absolute atomic E-state index is 0.0136. The Morgan fingerprint density at radius 2 is 2.11 bits per heavy atom. The van der Waals surface area contributed by atoms with Crippen molar-refractivity contribution in [1.82, 2.24) is 9.88 Å². The van der Waals surface area contributed by atoms with Gasteiger partial charge in [0.1, 0.15) is 5.82 Å². The molecule has 2 aliphatic rings. The van der Waals surface area contributed by atoms with Gasteiger partial charge in [0.2, 0.25) is 11.8 Å². The first-order valence-corrected chi connectivity index (χ1v) is 6.75. The standard InChI is InChI=1S/C14H17N3O2/c1-2-5-15-12-9(4-3-6-16-12)8-17-13(18)10-7-11(10)14(17)19/h3-4,6,10-11H,2,5,7-8H2,1H3,(H,15,16). The number of aromatic nitrogens is 1. The third-order valence-electron chi connectivity index (χ3n) is 3.72. The lowest BCUT2D eigenvalue weighted by atomic mass is 10.2. The summed E-state index contributed by atoms with van der Waals surface area (Å²) in [6.45, 7) is 3.25. The number of imide groups is 1. The number of likely N-dealkylation sites (tertiary alicyclic amines) is 1. The number of carbonyl (C=O) groups is 2. The second-order valence-electron chi connectivity index (χ2n) is 5.15. The van der Waals surface area contributed by atoms with Crippen LogP contribution in [0.3, 0.4) is 0 Å². The van der Waals surface area contributed by atoms with Gasteiger partial charge in [-0.1, -0.05) is 13.0 Å². The van der Waals surface area contributed by atoms with Gasteiger partial charge in [-0.05, 0) is 18.9 Å². The van der Waals surface area contributed by atoms with Gasteiger partial charge in [-0.2, -0.15) is 0 Å². The monoisotopic (exact) mass is 259 g/mol. The van der Waals surface area contributed by atoms with E-state index in [4.69, 9.17) is 0 Å². The van der Waals surface area contributed by atoms with Crippen LogP contribution in [0.4, 0.5) is 5.82 Å². The smallest absolute Gasteiger partial charge is 0.233 e. The highest BCUT2D eigenvalue weighted by Crippen LogP contribution is 2.47. The van der Waals surface area contributed by atoms with Gasteiger partial charge in [0.15, 0.2) is 0 Å². The second kappa shape index (κ2) is 4.64. The highest BCUT2D eigenvalue weighted by atomic mass is 16.2. The first kappa shape index (κ1) is 12.1. The van der Waals surface area contributed by atoms with E-state index >= 15 is 0 Å². The van der Waals surface area contributed by atoms with Crippen molar-refractivity contribution in [2.24, 2.45) is 11.8 Å². The number of piperidine rings is 1. The molecule has 2 amide bonds. The maximum Gasteiger partial charge on any atom is 0.233 e. The van der Waals surface area contributed by atoms with Gasteiger partial charge in [0, 0.05) is 18.3 Å². The molecule has 0 aromatic carbocycles. The zero-order chi connectivity index (χ0) is 13.4. The third kappa shape index (κ3) is 2.09. The van der Waals surface area contributed by atoms with Crippen LogP contribution in [0.2, 0.25) is 0 Å². The molecule has 1 aromatic heterocycles. The quantitative estimate of drug-likeness (QED) is 0.812. The second-order valence-corrected chi connectivity index (χ2v) is 5.15. The van der Waals surface area contributed by atoms with E-state index in [1.807, 2.05) is 12.1 Å². The molecule has 1 aromatic rings. The maximum atomic E-state index is 12.0. The highest BCUT2D eigenvalue weighted by molar-refractivity contribution is 6.08. The van der Waals surface area contributed by atoms with Crippen molar-refractivity contribution in [1.29, 1.82) is 0 Å². The number of hydrogen-bond donors (Lipinski definition) is 1. The number of rotatable bonds is 5. The summed E-state index contributed by atoms with van der Waals surface area (Å²) in [7, 11) is 0. The van der Waals surface area contributed by atoms with Crippen molar-refractivity contribution < 1.29 is 9.59 Å². The normalized spacial score (nSPS) is 24.6. The molecule has 1 N–H and O–H groups in total. The molecule has 5 heteroatoms. The Labute approximate surface area is 112 Å². The van der Waals surface area contributed by atoms with Gasteiger partial charge < -0.3 is 5.32 Å². The molecule has 2 unspecified atom stereocenters. The fourth-order valence-electron chi connectivity index (χ4n) is 2.54. The van der Waals surface area contributed by atoms with Crippen molar-refractivity contribution in [2.75, 3.05) is 11.9 Å². The summed E-state index contributed by atoms with van der Waals surface area (Å²) in [5, 5.41) is 3.23. The number of anilines is 1. The lowest BCUT2D eigenvalue weighted by Crippen LogP contribution is -2.32. The number of carbonyl (C=O) groups excluding carboxylic acids is 2. The van der Waals surface area contributed by atoms with Crippen molar-refractivity contribution >= 4 is 17.6 Å². The van der Waals surface area contributed by atoms with E-state index in [0.29, 0.717) is 6.54 Å². The lowest BCUT2D eigenvalue weighted by molar-refractivity contribution is -0.142. The fourth-order valence-corrected chi connectivity index (χ4v) is 2.54. The van der Waals surface area contributed by atoms with Crippen LogP contribution >= 0.6 is 0 Å². The van der Waals surface area contributed by atoms with Crippen LogP contribution < -0.4 is 5.32 Å². The number of amides is 2. The molecular formula is C14H17N3O2. The van der Waals surface area contributed by atoms with Crippen LogP contribution in [0.25, 0.3) is 0 Å². The van der Waals surface area contributed by atoms with Crippen LogP contribution in [0, 0.1) is 11.8 Å². The van der Waals surface area contributed by atoms with E-state index in [2.05, 4.69) is 17.2 Å². The topological polar surface area (TPSA) is 62.3 Å². The molecule has 0 spiro atoms. The summed E-state index contributed by atoms with van der Waals surface area (Å²) < 4.78 is 0. The Morgan fingerprint density at radius 3 is 2.79 bits per heavy atom. The van der Waals surface area contributed by atoms with Gasteiger partial charge in [0.05, 0.1) is 18.4 Å². The van der Waals surface area contributed by atoms with Crippen molar-refractivity contribution in [3.63, 3.8) is 0 Å². The molecular weight excluding hydrogens is 242 g/mol. The van der Waals surface area contributed by atoms with Crippen molar-refractivity contribution in [3.8, 4) is 0 Å². The average Bonchev–Trinajstić information content (AvgIpc) is 3.18. The summed E-state index contributed by atoms with van der Waals surface area (Å²) in [6.07, 6.45) is 3.47. The summed E-state index contributed by atoms with van der Waals surface area (Å²) in [4.78, 5) is 29.6. The molecule has 1 aliphatic carbocycles. The predicted molar refractivity (Wildman–Crippen MR) is 70.2 cm³/mol. The molecule has 1 aliphatic heterocycles.